The Morgan fingerprint density at radius 1 is 0.844 bits per heavy atom. The van der Waals surface area contributed by atoms with Crippen LogP contribution in [0.15, 0.2) is 84.9 Å². The van der Waals surface area contributed by atoms with Crippen LogP contribution in [0.2, 0.25) is 0 Å². The molecule has 0 aromatic heterocycles. The molecule has 0 bridgehead atoms. The van der Waals surface area contributed by atoms with Gasteiger partial charge in [0.25, 0.3) is 0 Å². The molecule has 3 aromatic rings. The Balaban J connectivity index is 0.00000176. The third kappa shape index (κ3) is 8.20. The van der Waals surface area contributed by atoms with Crippen molar-refractivity contribution in [2.75, 3.05) is 26.7 Å². The quantitative estimate of drug-likeness (QED) is 0.348. The van der Waals surface area contributed by atoms with Crippen LogP contribution in [0.25, 0.3) is 11.1 Å². The lowest BCUT2D eigenvalue weighted by Gasteiger charge is -2.23. The fourth-order valence-corrected chi connectivity index (χ4v) is 3.33. The third-order valence-electron chi connectivity index (χ3n) is 4.89. The van der Waals surface area contributed by atoms with Gasteiger partial charge in [0.15, 0.2) is 0 Å². The zero-order chi connectivity index (χ0) is 23.2. The van der Waals surface area contributed by atoms with Gasteiger partial charge in [0, 0.05) is 13.0 Å². The molecule has 0 aliphatic carbocycles. The Labute approximate surface area is 192 Å². The highest BCUT2D eigenvalue weighted by Crippen LogP contribution is 2.27. The predicted octanol–water partition coefficient (Wildman–Crippen LogP) is 6.38. The first-order valence-corrected chi connectivity index (χ1v) is 11.4. The van der Waals surface area contributed by atoms with E-state index >= 15 is 0 Å². The van der Waals surface area contributed by atoms with Gasteiger partial charge in [-0.1, -0.05) is 86.6 Å². The second kappa shape index (κ2) is 14.0. The second-order valence-corrected chi connectivity index (χ2v) is 7.24. The molecule has 0 saturated heterocycles. The summed E-state index contributed by atoms with van der Waals surface area (Å²) in [6.07, 6.45) is 0.666. The van der Waals surface area contributed by atoms with Crippen LogP contribution in [0.1, 0.15) is 38.9 Å². The van der Waals surface area contributed by atoms with Crippen LogP contribution in [0.3, 0.4) is 0 Å². The van der Waals surface area contributed by atoms with Crippen LogP contribution in [0, 0.1) is 0 Å². The number of benzene rings is 3. The molecule has 3 rings (SSSR count). The molecular weight excluding hydrogens is 398 g/mol. The maximum absolute atomic E-state index is 11.7. The van der Waals surface area contributed by atoms with E-state index in [0.717, 1.165) is 29.8 Å². The van der Waals surface area contributed by atoms with E-state index in [9.17, 15) is 4.79 Å². The summed E-state index contributed by atoms with van der Waals surface area (Å²) in [5.74, 6) is 0.630. The fourth-order valence-electron chi connectivity index (χ4n) is 3.33. The van der Waals surface area contributed by atoms with E-state index in [0.29, 0.717) is 6.61 Å². The van der Waals surface area contributed by atoms with Gasteiger partial charge in [-0.3, -0.25) is 9.69 Å². The Bertz CT molecular complexity index is 895. The summed E-state index contributed by atoms with van der Waals surface area (Å²) in [4.78, 5) is 13.7. The van der Waals surface area contributed by atoms with E-state index in [1.807, 2.05) is 81.2 Å². The lowest BCUT2D eigenvalue weighted by molar-refractivity contribution is -0.144. The second-order valence-electron chi connectivity index (χ2n) is 7.24. The predicted molar refractivity (Wildman–Crippen MR) is 132 cm³/mol. The van der Waals surface area contributed by atoms with Crippen LogP contribution in [-0.2, 0) is 9.53 Å². The molecule has 0 heterocycles. The number of esters is 1. The summed E-state index contributed by atoms with van der Waals surface area (Å²) in [5.41, 5.74) is 3.46. The first-order chi connectivity index (χ1) is 15.7. The van der Waals surface area contributed by atoms with Crippen molar-refractivity contribution in [1.82, 2.24) is 4.90 Å². The first-order valence-electron chi connectivity index (χ1n) is 11.4. The molecule has 0 fully saturated rings. The van der Waals surface area contributed by atoms with Crippen LogP contribution < -0.4 is 4.74 Å². The summed E-state index contributed by atoms with van der Waals surface area (Å²) in [5, 5.41) is 0. The van der Waals surface area contributed by atoms with Crippen molar-refractivity contribution in [3.05, 3.63) is 90.5 Å². The molecule has 3 aromatic carbocycles. The molecule has 4 heteroatoms. The normalized spacial score (nSPS) is 11.3. The van der Waals surface area contributed by atoms with Gasteiger partial charge in [-0.05, 0) is 42.8 Å². The Kier molecular flexibility index (Phi) is 11.0. The third-order valence-corrected chi connectivity index (χ3v) is 4.89. The van der Waals surface area contributed by atoms with Crippen molar-refractivity contribution < 1.29 is 14.3 Å². The first kappa shape index (κ1) is 25.2. The van der Waals surface area contributed by atoms with Crippen molar-refractivity contribution in [3.63, 3.8) is 0 Å². The highest BCUT2D eigenvalue weighted by atomic mass is 16.5. The standard InChI is InChI=1S/C26H29NO3.C2H6/c1-3-29-26(28)20-27(2)19-18-25(23-12-8-5-9-13-23)30-24-16-14-22(15-17-24)21-10-6-4-7-11-21;1-2/h4-17,25H,3,18-20H2,1-2H3;1-2H3. The molecule has 0 aliphatic heterocycles. The number of likely N-dealkylation sites (N-methyl/N-ethyl adjacent to an activating group) is 1. The number of ether oxygens (including phenoxy) is 2. The van der Waals surface area contributed by atoms with Gasteiger partial charge in [-0.2, -0.15) is 0 Å². The van der Waals surface area contributed by atoms with Crippen LogP contribution in [0.4, 0.5) is 0 Å². The van der Waals surface area contributed by atoms with Gasteiger partial charge in [0.1, 0.15) is 11.9 Å². The van der Waals surface area contributed by atoms with Crippen LogP contribution >= 0.6 is 0 Å². The van der Waals surface area contributed by atoms with Crippen molar-refractivity contribution in [3.8, 4) is 16.9 Å². The van der Waals surface area contributed by atoms with E-state index < -0.39 is 0 Å². The summed E-state index contributed by atoms with van der Waals surface area (Å²) in [7, 11) is 1.92. The SMILES string of the molecule is CC.CCOC(=O)CN(C)CCC(Oc1ccc(-c2ccccc2)cc1)c1ccccc1. The molecule has 0 radical (unpaired) electrons. The van der Waals surface area contributed by atoms with Crippen molar-refractivity contribution >= 4 is 5.97 Å². The Hall–Kier alpha value is -3.11. The molecule has 1 unspecified atom stereocenters. The number of hydrogen-bond acceptors (Lipinski definition) is 4. The van der Waals surface area contributed by atoms with Crippen LogP contribution in [-0.4, -0.2) is 37.6 Å². The highest BCUT2D eigenvalue weighted by molar-refractivity contribution is 5.71. The van der Waals surface area contributed by atoms with Crippen molar-refractivity contribution in [2.45, 2.75) is 33.3 Å². The van der Waals surface area contributed by atoms with E-state index in [1.54, 1.807) is 0 Å². The van der Waals surface area contributed by atoms with E-state index in [4.69, 9.17) is 9.47 Å². The number of carbonyl (C=O) groups excluding carboxylic acids is 1. The molecule has 0 spiro atoms. The molecule has 1 atom stereocenters. The minimum absolute atomic E-state index is 0.0987. The van der Waals surface area contributed by atoms with Crippen molar-refractivity contribution in [1.29, 1.82) is 0 Å². The summed E-state index contributed by atoms with van der Waals surface area (Å²) in [6, 6.07) is 28.7. The lowest BCUT2D eigenvalue weighted by atomic mass is 10.0. The Morgan fingerprint density at radius 2 is 1.41 bits per heavy atom. The van der Waals surface area contributed by atoms with Gasteiger partial charge in [0.05, 0.1) is 13.2 Å². The summed E-state index contributed by atoms with van der Waals surface area (Å²) < 4.78 is 11.4. The zero-order valence-electron chi connectivity index (χ0n) is 19.7. The van der Waals surface area contributed by atoms with Gasteiger partial charge in [0.2, 0.25) is 0 Å². The largest absolute Gasteiger partial charge is 0.486 e. The summed E-state index contributed by atoms with van der Waals surface area (Å²) >= 11 is 0. The number of carbonyl (C=O) groups is 1. The van der Waals surface area contributed by atoms with Crippen LogP contribution in [0.5, 0.6) is 5.75 Å². The molecule has 170 valence electrons. The minimum Gasteiger partial charge on any atom is -0.486 e. The van der Waals surface area contributed by atoms with E-state index in [-0.39, 0.29) is 18.6 Å². The maximum Gasteiger partial charge on any atom is 0.320 e. The lowest BCUT2D eigenvalue weighted by Crippen LogP contribution is -2.29. The molecular formula is C28H35NO3. The van der Waals surface area contributed by atoms with Crippen molar-refractivity contribution in [2.24, 2.45) is 0 Å². The fraction of sp³-hybridized carbons (Fsp3) is 0.321. The summed E-state index contributed by atoms with van der Waals surface area (Å²) in [6.45, 7) is 7.23. The average molecular weight is 434 g/mol. The van der Waals surface area contributed by atoms with Gasteiger partial charge in [-0.25, -0.2) is 0 Å². The van der Waals surface area contributed by atoms with Gasteiger partial charge < -0.3 is 9.47 Å². The van der Waals surface area contributed by atoms with E-state index in [1.165, 1.54) is 5.56 Å². The molecule has 4 nitrogen and oxygen atoms in total. The highest BCUT2D eigenvalue weighted by Gasteiger charge is 2.16. The topological polar surface area (TPSA) is 38.8 Å². The maximum atomic E-state index is 11.7. The number of rotatable bonds is 10. The number of nitrogens with zero attached hydrogens (tertiary/aromatic N) is 1. The average Bonchev–Trinajstić information content (AvgIpc) is 2.84. The Morgan fingerprint density at radius 3 is 2.00 bits per heavy atom. The number of hydrogen-bond donors (Lipinski definition) is 0. The molecule has 32 heavy (non-hydrogen) atoms. The molecule has 0 aliphatic rings. The monoisotopic (exact) mass is 433 g/mol. The smallest absolute Gasteiger partial charge is 0.320 e. The molecule has 0 saturated carbocycles. The van der Waals surface area contributed by atoms with Gasteiger partial charge in [-0.15, -0.1) is 0 Å². The molecule has 0 amide bonds. The minimum atomic E-state index is -0.200. The molecule has 0 N–H and O–H groups in total. The zero-order valence-corrected chi connectivity index (χ0v) is 19.7. The van der Waals surface area contributed by atoms with Gasteiger partial charge >= 0.3 is 5.97 Å². The van der Waals surface area contributed by atoms with E-state index in [2.05, 4.69) is 36.4 Å².